The number of fused-ring (bicyclic) bond motifs is 3. The maximum Gasteiger partial charge on any atom is 0.148 e. The van der Waals surface area contributed by atoms with Crippen molar-refractivity contribution in [1.29, 1.82) is 0 Å². The van der Waals surface area contributed by atoms with Gasteiger partial charge in [0.05, 0.1) is 5.69 Å². The maximum absolute atomic E-state index is 4.31. The summed E-state index contributed by atoms with van der Waals surface area (Å²) in [6, 6.07) is 10.5. The van der Waals surface area contributed by atoms with Crippen molar-refractivity contribution < 1.29 is 0 Å². The number of nitrogens with one attached hydrogen (secondary N) is 1. The average Bonchev–Trinajstić information content (AvgIpc) is 2.67. The minimum Gasteiger partial charge on any atom is -0.369 e. The Bertz CT molecular complexity index is 534. The van der Waals surface area contributed by atoms with Crippen molar-refractivity contribution in [2.75, 3.05) is 11.9 Å². The number of anilines is 1. The van der Waals surface area contributed by atoms with E-state index in [1.807, 2.05) is 6.07 Å². The molecule has 1 heterocycles. The summed E-state index contributed by atoms with van der Waals surface area (Å²) in [7, 11) is 0. The standard InChI is InChI=1S/C13H13N3/c1-2-14-12-8-10-7-9-5-3-4-6-11(9)13(10)16-15-12/h3-6,8H,2,7H2,1H3,(H,14,15). The van der Waals surface area contributed by atoms with Crippen LogP contribution in [0.5, 0.6) is 0 Å². The lowest BCUT2D eigenvalue weighted by Crippen LogP contribution is -2.01. The number of rotatable bonds is 2. The highest BCUT2D eigenvalue weighted by Gasteiger charge is 2.19. The van der Waals surface area contributed by atoms with Gasteiger partial charge in [-0.3, -0.25) is 0 Å². The highest BCUT2D eigenvalue weighted by atomic mass is 15.2. The molecule has 3 rings (SSSR count). The highest BCUT2D eigenvalue weighted by Crippen LogP contribution is 2.34. The van der Waals surface area contributed by atoms with E-state index in [1.165, 1.54) is 16.7 Å². The molecule has 2 aromatic rings. The molecule has 3 nitrogen and oxygen atoms in total. The Morgan fingerprint density at radius 1 is 1.19 bits per heavy atom. The minimum absolute atomic E-state index is 0.869. The Morgan fingerprint density at radius 2 is 2.06 bits per heavy atom. The van der Waals surface area contributed by atoms with Gasteiger partial charge in [0.15, 0.2) is 0 Å². The quantitative estimate of drug-likeness (QED) is 0.707. The maximum atomic E-state index is 4.31. The molecule has 16 heavy (non-hydrogen) atoms. The van der Waals surface area contributed by atoms with Crippen molar-refractivity contribution in [3.05, 3.63) is 41.5 Å². The minimum atomic E-state index is 0.869. The van der Waals surface area contributed by atoms with E-state index < -0.39 is 0 Å². The normalized spacial score (nSPS) is 12.1. The molecule has 3 heteroatoms. The third kappa shape index (κ3) is 1.36. The molecule has 0 fully saturated rings. The fourth-order valence-electron chi connectivity index (χ4n) is 2.17. The van der Waals surface area contributed by atoms with Gasteiger partial charge < -0.3 is 5.32 Å². The molecule has 1 aliphatic rings. The van der Waals surface area contributed by atoms with E-state index in [0.717, 1.165) is 24.5 Å². The molecule has 80 valence electrons. The topological polar surface area (TPSA) is 37.8 Å². The van der Waals surface area contributed by atoms with Gasteiger partial charge in [0.25, 0.3) is 0 Å². The smallest absolute Gasteiger partial charge is 0.148 e. The molecule has 1 aromatic heterocycles. The molecule has 1 aromatic carbocycles. The number of benzene rings is 1. The van der Waals surface area contributed by atoms with E-state index >= 15 is 0 Å². The molecule has 0 spiro atoms. The van der Waals surface area contributed by atoms with E-state index in [9.17, 15) is 0 Å². The van der Waals surface area contributed by atoms with E-state index in [4.69, 9.17) is 0 Å². The lowest BCUT2D eigenvalue weighted by Gasteiger charge is -2.03. The zero-order chi connectivity index (χ0) is 11.0. The second kappa shape index (κ2) is 3.59. The number of hydrogen-bond acceptors (Lipinski definition) is 3. The van der Waals surface area contributed by atoms with E-state index in [0.29, 0.717) is 0 Å². The summed E-state index contributed by atoms with van der Waals surface area (Å²) in [6.45, 7) is 2.93. The van der Waals surface area contributed by atoms with E-state index in [1.54, 1.807) is 0 Å². The Labute approximate surface area is 94.5 Å². The predicted molar refractivity (Wildman–Crippen MR) is 64.4 cm³/mol. The summed E-state index contributed by atoms with van der Waals surface area (Å²) in [5, 5.41) is 11.7. The second-order valence-corrected chi connectivity index (χ2v) is 3.97. The lowest BCUT2D eigenvalue weighted by molar-refractivity contribution is 1.01. The Morgan fingerprint density at radius 3 is 2.94 bits per heavy atom. The van der Waals surface area contributed by atoms with Gasteiger partial charge in [-0.25, -0.2) is 0 Å². The van der Waals surface area contributed by atoms with Crippen molar-refractivity contribution in [3.63, 3.8) is 0 Å². The zero-order valence-corrected chi connectivity index (χ0v) is 9.20. The fraction of sp³-hybridized carbons (Fsp3) is 0.231. The summed E-state index contributed by atoms with van der Waals surface area (Å²) in [6.07, 6.45) is 0.972. The summed E-state index contributed by atoms with van der Waals surface area (Å²) < 4.78 is 0. The first-order valence-electron chi connectivity index (χ1n) is 5.57. The van der Waals surface area contributed by atoms with Crippen LogP contribution in [0.1, 0.15) is 18.1 Å². The molecular formula is C13H13N3. The van der Waals surface area contributed by atoms with Crippen LogP contribution in [0, 0.1) is 0 Å². The lowest BCUT2D eigenvalue weighted by atomic mass is 10.1. The van der Waals surface area contributed by atoms with Crippen LogP contribution in [0.2, 0.25) is 0 Å². The summed E-state index contributed by atoms with van der Waals surface area (Å²) >= 11 is 0. The molecule has 0 atom stereocenters. The largest absolute Gasteiger partial charge is 0.369 e. The summed E-state index contributed by atoms with van der Waals surface area (Å²) in [4.78, 5) is 0. The molecule has 0 aliphatic heterocycles. The van der Waals surface area contributed by atoms with Gasteiger partial charge in [-0.1, -0.05) is 24.3 Å². The molecule has 1 aliphatic carbocycles. The van der Waals surface area contributed by atoms with Gasteiger partial charge in [-0.2, -0.15) is 0 Å². The third-order valence-electron chi connectivity index (χ3n) is 2.88. The van der Waals surface area contributed by atoms with Gasteiger partial charge in [0, 0.05) is 18.5 Å². The molecule has 0 amide bonds. The van der Waals surface area contributed by atoms with Gasteiger partial charge >= 0.3 is 0 Å². The van der Waals surface area contributed by atoms with Crippen molar-refractivity contribution in [2.45, 2.75) is 13.3 Å². The molecule has 1 N–H and O–H groups in total. The van der Waals surface area contributed by atoms with Gasteiger partial charge in [0.1, 0.15) is 5.82 Å². The molecule has 0 unspecified atom stereocenters. The van der Waals surface area contributed by atoms with Crippen LogP contribution < -0.4 is 5.32 Å². The number of nitrogens with zero attached hydrogens (tertiary/aromatic N) is 2. The molecular weight excluding hydrogens is 198 g/mol. The monoisotopic (exact) mass is 211 g/mol. The molecule has 0 bridgehead atoms. The van der Waals surface area contributed by atoms with Crippen LogP contribution in [-0.4, -0.2) is 16.7 Å². The van der Waals surface area contributed by atoms with Crippen molar-refractivity contribution in [3.8, 4) is 11.3 Å². The van der Waals surface area contributed by atoms with E-state index in [-0.39, 0.29) is 0 Å². The van der Waals surface area contributed by atoms with Crippen molar-refractivity contribution >= 4 is 5.82 Å². The van der Waals surface area contributed by atoms with Gasteiger partial charge in [-0.15, -0.1) is 10.2 Å². The number of hydrogen-bond donors (Lipinski definition) is 1. The predicted octanol–water partition coefficient (Wildman–Crippen LogP) is 2.48. The zero-order valence-electron chi connectivity index (χ0n) is 9.20. The summed E-state index contributed by atoms with van der Waals surface area (Å²) in [5.41, 5.74) is 4.89. The van der Waals surface area contributed by atoms with Crippen molar-refractivity contribution in [2.24, 2.45) is 0 Å². The second-order valence-electron chi connectivity index (χ2n) is 3.97. The fourth-order valence-corrected chi connectivity index (χ4v) is 2.17. The van der Waals surface area contributed by atoms with Crippen molar-refractivity contribution in [1.82, 2.24) is 10.2 Å². The van der Waals surface area contributed by atoms with E-state index in [2.05, 4.69) is 46.7 Å². The molecule has 0 saturated heterocycles. The van der Waals surface area contributed by atoms with Crippen LogP contribution in [0.4, 0.5) is 5.82 Å². The van der Waals surface area contributed by atoms with Crippen LogP contribution in [0.25, 0.3) is 11.3 Å². The van der Waals surface area contributed by atoms with Crippen LogP contribution in [0.15, 0.2) is 30.3 Å². The Kier molecular flexibility index (Phi) is 2.10. The average molecular weight is 211 g/mol. The Balaban J connectivity index is 2.07. The molecule has 0 radical (unpaired) electrons. The highest BCUT2D eigenvalue weighted by molar-refractivity contribution is 5.73. The number of aromatic nitrogens is 2. The first kappa shape index (κ1) is 9.33. The van der Waals surface area contributed by atoms with Gasteiger partial charge in [-0.05, 0) is 24.1 Å². The first-order valence-corrected chi connectivity index (χ1v) is 5.57. The van der Waals surface area contributed by atoms with Crippen LogP contribution in [-0.2, 0) is 6.42 Å². The first-order chi connectivity index (χ1) is 7.88. The SMILES string of the molecule is CCNc1cc2c(nn1)-c1ccccc1C2. The van der Waals surface area contributed by atoms with Crippen LogP contribution >= 0.6 is 0 Å². The molecule has 0 saturated carbocycles. The summed E-state index contributed by atoms with van der Waals surface area (Å²) in [5.74, 6) is 0.869. The third-order valence-corrected chi connectivity index (χ3v) is 2.88. The Hall–Kier alpha value is -1.90. The van der Waals surface area contributed by atoms with Gasteiger partial charge in [0.2, 0.25) is 0 Å². The van der Waals surface area contributed by atoms with Crippen LogP contribution in [0.3, 0.4) is 0 Å².